The van der Waals surface area contributed by atoms with E-state index in [1.807, 2.05) is 6.92 Å². The fourth-order valence-electron chi connectivity index (χ4n) is 4.03. The minimum atomic E-state index is -1.62. The van der Waals surface area contributed by atoms with Crippen LogP contribution >= 0.6 is 11.8 Å². The van der Waals surface area contributed by atoms with Crippen molar-refractivity contribution < 1.29 is 18.3 Å². The first-order chi connectivity index (χ1) is 14.7. The zero-order valence-electron chi connectivity index (χ0n) is 17.3. The number of thioether (sulfide) groups is 1. The highest BCUT2D eigenvalue weighted by atomic mass is 32.2. The Balaban J connectivity index is 1.63. The Kier molecular flexibility index (Phi) is 5.74. The van der Waals surface area contributed by atoms with Gasteiger partial charge in [0.25, 0.3) is 5.91 Å². The first kappa shape index (κ1) is 21.7. The van der Waals surface area contributed by atoms with Gasteiger partial charge in [-0.3, -0.25) is 9.78 Å². The van der Waals surface area contributed by atoms with Crippen LogP contribution in [0.15, 0.2) is 47.6 Å². The molecule has 31 heavy (non-hydrogen) atoms. The van der Waals surface area contributed by atoms with Gasteiger partial charge in [0.2, 0.25) is 0 Å². The molecule has 2 aromatic rings. The highest BCUT2D eigenvalue weighted by molar-refractivity contribution is 8.13. The van der Waals surface area contributed by atoms with E-state index in [0.29, 0.717) is 22.0 Å². The van der Waals surface area contributed by atoms with Crippen molar-refractivity contribution >= 4 is 28.5 Å². The summed E-state index contributed by atoms with van der Waals surface area (Å²) in [6, 6.07) is 9.88. The number of nitrogens with zero attached hydrogens (tertiary/aromatic N) is 2. The highest BCUT2D eigenvalue weighted by Gasteiger charge is 2.59. The second kappa shape index (κ2) is 8.20. The summed E-state index contributed by atoms with van der Waals surface area (Å²) in [5.74, 6) is -0.259. The van der Waals surface area contributed by atoms with Crippen molar-refractivity contribution in [1.29, 1.82) is 0 Å². The van der Waals surface area contributed by atoms with Crippen LogP contribution < -0.4 is 11.1 Å². The van der Waals surface area contributed by atoms with E-state index in [0.717, 1.165) is 0 Å². The smallest absolute Gasteiger partial charge is 0.274 e. The quantitative estimate of drug-likeness (QED) is 0.737. The SMILES string of the molecule is CC(F)c1ccc(C(=O)Nc2cccc([C@]34CO[C@@H](C)C[C@@]3(F)CSC(N)=N4)c2)nc1. The summed E-state index contributed by atoms with van der Waals surface area (Å²) in [5.41, 5.74) is 4.67. The molecule has 0 bridgehead atoms. The number of ether oxygens (including phenoxy) is 1. The molecule has 1 fully saturated rings. The van der Waals surface area contributed by atoms with E-state index in [1.165, 1.54) is 37.0 Å². The molecule has 0 saturated carbocycles. The van der Waals surface area contributed by atoms with E-state index < -0.39 is 23.3 Å². The molecule has 3 heterocycles. The highest BCUT2D eigenvalue weighted by Crippen LogP contribution is 2.51. The molecule has 1 amide bonds. The van der Waals surface area contributed by atoms with Crippen LogP contribution in [0.4, 0.5) is 14.5 Å². The first-order valence-electron chi connectivity index (χ1n) is 10.0. The topological polar surface area (TPSA) is 89.6 Å². The number of benzene rings is 1. The van der Waals surface area contributed by atoms with E-state index in [2.05, 4.69) is 15.3 Å². The van der Waals surface area contributed by atoms with E-state index in [9.17, 15) is 9.18 Å². The van der Waals surface area contributed by atoms with Gasteiger partial charge in [0.05, 0.1) is 12.7 Å². The molecule has 164 valence electrons. The number of pyridine rings is 1. The minimum absolute atomic E-state index is 0.0633. The summed E-state index contributed by atoms with van der Waals surface area (Å²) in [5, 5.41) is 3.08. The van der Waals surface area contributed by atoms with Crippen LogP contribution in [-0.2, 0) is 10.3 Å². The number of nitrogens with two attached hydrogens (primary N) is 1. The van der Waals surface area contributed by atoms with E-state index >= 15 is 4.39 Å². The lowest BCUT2D eigenvalue weighted by molar-refractivity contribution is -0.106. The second-order valence-electron chi connectivity index (χ2n) is 8.02. The number of halogens is 2. The van der Waals surface area contributed by atoms with Crippen molar-refractivity contribution in [3.63, 3.8) is 0 Å². The van der Waals surface area contributed by atoms with Crippen molar-refractivity contribution in [2.24, 2.45) is 10.7 Å². The molecule has 1 aromatic carbocycles. The summed E-state index contributed by atoms with van der Waals surface area (Å²) in [6.07, 6.45) is 0.154. The standard InChI is InChI=1S/C22H24F2N4O2S/c1-13-9-21(24)12-31-20(25)28-22(21,11-30-13)16-4-3-5-17(8-16)27-19(29)18-7-6-15(10-26-18)14(2)23/h3-8,10,13-14H,9,11-12H2,1-2H3,(H2,25,28)(H,27,29)/t13-,14?,21+,22+/m0/s1. The number of carbonyl (C=O) groups excluding carboxylic acids is 1. The number of fused-ring (bicyclic) bond motifs is 1. The van der Waals surface area contributed by atoms with Crippen molar-refractivity contribution in [3.8, 4) is 0 Å². The number of nitrogens with one attached hydrogen (secondary N) is 1. The van der Waals surface area contributed by atoms with Gasteiger partial charge in [-0.25, -0.2) is 13.8 Å². The third kappa shape index (κ3) is 4.04. The normalized spacial score (nSPS) is 28.9. The molecule has 0 aliphatic carbocycles. The van der Waals surface area contributed by atoms with Crippen LogP contribution in [0.1, 0.15) is 48.1 Å². The van der Waals surface area contributed by atoms with Gasteiger partial charge in [-0.2, -0.15) is 0 Å². The predicted octanol–water partition coefficient (Wildman–Crippen LogP) is 4.14. The molecule has 1 aromatic heterocycles. The summed E-state index contributed by atoms with van der Waals surface area (Å²) < 4.78 is 35.3. The number of anilines is 1. The van der Waals surface area contributed by atoms with Gasteiger partial charge in [0, 0.05) is 29.6 Å². The first-order valence-corrected chi connectivity index (χ1v) is 11.0. The van der Waals surface area contributed by atoms with Crippen molar-refractivity contribution in [2.75, 3.05) is 17.7 Å². The molecule has 9 heteroatoms. The molecule has 1 unspecified atom stereocenters. The number of hydrogen-bond donors (Lipinski definition) is 2. The molecular weight excluding hydrogens is 422 g/mol. The lowest BCUT2D eigenvalue weighted by Gasteiger charge is -2.49. The third-order valence-corrected chi connectivity index (χ3v) is 6.74. The molecule has 4 rings (SSSR count). The van der Waals surface area contributed by atoms with Crippen LogP contribution in [0, 0.1) is 0 Å². The lowest BCUT2D eigenvalue weighted by atomic mass is 9.73. The predicted molar refractivity (Wildman–Crippen MR) is 118 cm³/mol. The average molecular weight is 447 g/mol. The van der Waals surface area contributed by atoms with E-state index in [-0.39, 0.29) is 30.6 Å². The van der Waals surface area contributed by atoms with Gasteiger partial charge in [0.1, 0.15) is 17.4 Å². The largest absolute Gasteiger partial charge is 0.379 e. The van der Waals surface area contributed by atoms with Gasteiger partial charge >= 0.3 is 0 Å². The van der Waals surface area contributed by atoms with Gasteiger partial charge in [-0.15, -0.1) is 0 Å². The number of carbonyl (C=O) groups is 1. The van der Waals surface area contributed by atoms with Gasteiger partial charge in [-0.1, -0.05) is 30.0 Å². The Morgan fingerprint density at radius 1 is 1.39 bits per heavy atom. The monoisotopic (exact) mass is 446 g/mol. The number of aromatic nitrogens is 1. The Hall–Kier alpha value is -2.52. The van der Waals surface area contributed by atoms with Crippen LogP contribution in [0.25, 0.3) is 0 Å². The number of rotatable bonds is 4. The van der Waals surface area contributed by atoms with E-state index in [4.69, 9.17) is 10.5 Å². The molecule has 2 aliphatic heterocycles. The number of aliphatic imine (C=N–C) groups is 1. The summed E-state index contributed by atoms with van der Waals surface area (Å²) in [7, 11) is 0. The second-order valence-corrected chi connectivity index (χ2v) is 9.01. The van der Waals surface area contributed by atoms with Crippen molar-refractivity contribution in [2.45, 2.75) is 43.8 Å². The number of amides is 1. The molecule has 2 aliphatic rings. The van der Waals surface area contributed by atoms with Gasteiger partial charge in [0.15, 0.2) is 10.8 Å². The molecule has 0 spiro atoms. The molecule has 4 atom stereocenters. The average Bonchev–Trinajstić information content (AvgIpc) is 2.74. The molecular formula is C22H24F2N4O2S. The van der Waals surface area contributed by atoms with Crippen LogP contribution in [0.2, 0.25) is 0 Å². The van der Waals surface area contributed by atoms with Crippen molar-refractivity contribution in [3.05, 3.63) is 59.4 Å². The molecule has 0 radical (unpaired) electrons. The zero-order valence-corrected chi connectivity index (χ0v) is 18.1. The maximum atomic E-state index is 16.2. The van der Waals surface area contributed by atoms with Crippen LogP contribution in [-0.4, -0.2) is 40.2 Å². The molecule has 1 saturated heterocycles. The number of hydrogen-bond acceptors (Lipinski definition) is 6. The fraction of sp³-hybridized carbons (Fsp3) is 0.409. The molecule has 3 N–H and O–H groups in total. The maximum Gasteiger partial charge on any atom is 0.274 e. The summed E-state index contributed by atoms with van der Waals surface area (Å²) in [4.78, 5) is 21.1. The Labute approximate surface area is 183 Å². The Morgan fingerprint density at radius 2 is 2.19 bits per heavy atom. The van der Waals surface area contributed by atoms with Gasteiger partial charge in [-0.05, 0) is 37.6 Å². The minimum Gasteiger partial charge on any atom is -0.379 e. The Morgan fingerprint density at radius 3 is 2.90 bits per heavy atom. The maximum absolute atomic E-state index is 16.2. The van der Waals surface area contributed by atoms with Crippen LogP contribution in [0.3, 0.4) is 0 Å². The third-order valence-electron chi connectivity index (χ3n) is 5.76. The number of alkyl halides is 2. The zero-order chi connectivity index (χ0) is 22.2. The lowest BCUT2D eigenvalue weighted by Crippen LogP contribution is -2.60. The number of amidine groups is 1. The molecule has 6 nitrogen and oxygen atoms in total. The Bertz CT molecular complexity index is 1020. The van der Waals surface area contributed by atoms with Crippen molar-refractivity contribution in [1.82, 2.24) is 4.98 Å². The fourth-order valence-corrected chi connectivity index (χ4v) is 4.98. The summed E-state index contributed by atoms with van der Waals surface area (Å²) >= 11 is 1.21. The van der Waals surface area contributed by atoms with E-state index in [1.54, 1.807) is 24.3 Å². The van der Waals surface area contributed by atoms with Crippen LogP contribution in [0.5, 0.6) is 0 Å². The summed E-state index contributed by atoms with van der Waals surface area (Å²) in [6.45, 7) is 3.31. The van der Waals surface area contributed by atoms with Gasteiger partial charge < -0.3 is 15.8 Å².